The average molecular weight is 421 g/mol. The number of nitrogens with zero attached hydrogens (tertiary/aromatic N) is 6. The molecule has 2 aromatic rings. The fourth-order valence-electron chi connectivity index (χ4n) is 4.54. The summed E-state index contributed by atoms with van der Waals surface area (Å²) >= 11 is 0. The van der Waals surface area contributed by atoms with E-state index in [0.717, 1.165) is 44.6 Å². The van der Waals surface area contributed by atoms with Crippen molar-refractivity contribution >= 4 is 10.0 Å². The van der Waals surface area contributed by atoms with Crippen molar-refractivity contribution in [3.05, 3.63) is 36.2 Å². The summed E-state index contributed by atoms with van der Waals surface area (Å²) in [5.74, 6) is 0.740. The van der Waals surface area contributed by atoms with Crippen molar-refractivity contribution in [2.24, 2.45) is 0 Å². The second-order valence-corrected chi connectivity index (χ2v) is 9.64. The molecule has 1 unspecified atom stereocenters. The SMILES string of the molecule is COCCn1nnnc1C1(N2CCCC2)CCCN(S(=O)(=O)c2ccccc2)C1. The maximum absolute atomic E-state index is 13.3. The van der Waals surface area contributed by atoms with Crippen LogP contribution in [0.5, 0.6) is 0 Å². The number of benzene rings is 1. The largest absolute Gasteiger partial charge is 0.383 e. The van der Waals surface area contributed by atoms with Gasteiger partial charge in [0.15, 0.2) is 5.82 Å². The van der Waals surface area contributed by atoms with Crippen LogP contribution in [-0.4, -0.2) is 77.7 Å². The summed E-state index contributed by atoms with van der Waals surface area (Å²) in [6.45, 7) is 3.76. The Hall–Kier alpha value is -1.88. The number of tetrazole rings is 1. The van der Waals surface area contributed by atoms with E-state index in [4.69, 9.17) is 4.74 Å². The lowest BCUT2D eigenvalue weighted by Gasteiger charge is -2.46. The quantitative estimate of drug-likeness (QED) is 0.662. The van der Waals surface area contributed by atoms with Crippen LogP contribution in [0.25, 0.3) is 0 Å². The van der Waals surface area contributed by atoms with Gasteiger partial charge in [-0.3, -0.25) is 4.90 Å². The minimum absolute atomic E-state index is 0.330. The highest BCUT2D eigenvalue weighted by Crippen LogP contribution is 2.40. The maximum Gasteiger partial charge on any atom is 0.243 e. The number of likely N-dealkylation sites (tertiary alicyclic amines) is 1. The molecule has 0 aliphatic carbocycles. The van der Waals surface area contributed by atoms with E-state index in [2.05, 4.69) is 20.4 Å². The van der Waals surface area contributed by atoms with Gasteiger partial charge in [0.25, 0.3) is 0 Å². The van der Waals surface area contributed by atoms with Gasteiger partial charge in [-0.15, -0.1) is 5.10 Å². The Balaban J connectivity index is 1.72. The molecule has 2 fully saturated rings. The molecule has 1 atom stereocenters. The van der Waals surface area contributed by atoms with E-state index in [0.29, 0.717) is 31.1 Å². The summed E-state index contributed by atoms with van der Waals surface area (Å²) in [5.41, 5.74) is -0.520. The smallest absolute Gasteiger partial charge is 0.243 e. The first-order chi connectivity index (χ1) is 14.1. The predicted molar refractivity (Wildman–Crippen MR) is 107 cm³/mol. The lowest BCUT2D eigenvalue weighted by atomic mass is 9.87. The molecule has 0 amide bonds. The molecule has 2 aliphatic rings. The Morgan fingerprint density at radius 1 is 1.10 bits per heavy atom. The molecule has 0 spiro atoms. The van der Waals surface area contributed by atoms with Crippen molar-refractivity contribution in [2.75, 3.05) is 39.9 Å². The fourth-order valence-corrected chi connectivity index (χ4v) is 6.09. The Morgan fingerprint density at radius 2 is 1.86 bits per heavy atom. The normalized spacial score (nSPS) is 24.2. The highest BCUT2D eigenvalue weighted by Gasteiger charge is 2.49. The van der Waals surface area contributed by atoms with Gasteiger partial charge in [0, 0.05) is 20.2 Å². The third-order valence-electron chi connectivity index (χ3n) is 5.98. The molecule has 0 N–H and O–H groups in total. The maximum atomic E-state index is 13.3. The van der Waals surface area contributed by atoms with E-state index in [9.17, 15) is 8.42 Å². The molecule has 0 radical (unpaired) electrons. The zero-order chi connectivity index (χ0) is 20.3. The number of hydrogen-bond donors (Lipinski definition) is 0. The van der Waals surface area contributed by atoms with Crippen LogP contribution in [0.1, 0.15) is 31.5 Å². The van der Waals surface area contributed by atoms with Gasteiger partial charge in [0.05, 0.1) is 23.6 Å². The molecule has 158 valence electrons. The second-order valence-electron chi connectivity index (χ2n) is 7.70. The van der Waals surface area contributed by atoms with Gasteiger partial charge >= 0.3 is 0 Å². The van der Waals surface area contributed by atoms with E-state index in [-0.39, 0.29) is 0 Å². The van der Waals surface area contributed by atoms with Crippen molar-refractivity contribution in [2.45, 2.75) is 42.7 Å². The third kappa shape index (κ3) is 3.81. The minimum atomic E-state index is -3.58. The van der Waals surface area contributed by atoms with Gasteiger partial charge in [-0.2, -0.15) is 4.31 Å². The topological polar surface area (TPSA) is 93.4 Å². The van der Waals surface area contributed by atoms with Crippen molar-refractivity contribution in [1.29, 1.82) is 0 Å². The van der Waals surface area contributed by atoms with Crippen LogP contribution in [-0.2, 0) is 26.8 Å². The van der Waals surface area contributed by atoms with Crippen LogP contribution in [0.2, 0.25) is 0 Å². The van der Waals surface area contributed by atoms with Gasteiger partial charge in [0.1, 0.15) is 0 Å². The molecule has 2 saturated heterocycles. The summed E-state index contributed by atoms with van der Waals surface area (Å²) in [4.78, 5) is 2.71. The molecule has 2 aliphatic heterocycles. The lowest BCUT2D eigenvalue weighted by Crippen LogP contribution is -2.58. The van der Waals surface area contributed by atoms with Crippen molar-refractivity contribution in [3.8, 4) is 0 Å². The summed E-state index contributed by atoms with van der Waals surface area (Å²) in [7, 11) is -1.93. The molecule has 10 heteroatoms. The summed E-state index contributed by atoms with van der Waals surface area (Å²) in [6, 6.07) is 8.66. The number of hydrogen-bond acceptors (Lipinski definition) is 7. The molecular formula is C19H28N6O3S. The Bertz CT molecular complexity index is 913. The molecule has 3 heterocycles. The van der Waals surface area contributed by atoms with Gasteiger partial charge in [-0.05, 0) is 61.3 Å². The van der Waals surface area contributed by atoms with Crippen molar-refractivity contribution in [1.82, 2.24) is 29.4 Å². The highest BCUT2D eigenvalue weighted by molar-refractivity contribution is 7.89. The van der Waals surface area contributed by atoms with E-state index < -0.39 is 15.6 Å². The van der Waals surface area contributed by atoms with Gasteiger partial charge in [-0.25, -0.2) is 13.1 Å². The molecule has 29 heavy (non-hydrogen) atoms. The number of rotatable bonds is 7. The van der Waals surface area contributed by atoms with Crippen LogP contribution in [0.3, 0.4) is 0 Å². The molecule has 9 nitrogen and oxygen atoms in total. The van der Waals surface area contributed by atoms with Crippen LogP contribution >= 0.6 is 0 Å². The summed E-state index contributed by atoms with van der Waals surface area (Å²) in [6.07, 6.45) is 3.81. The van der Waals surface area contributed by atoms with Gasteiger partial charge < -0.3 is 4.74 Å². The zero-order valence-corrected chi connectivity index (χ0v) is 17.6. The number of aromatic nitrogens is 4. The zero-order valence-electron chi connectivity index (χ0n) is 16.8. The Kier molecular flexibility index (Phi) is 5.95. The minimum Gasteiger partial charge on any atom is -0.383 e. The molecule has 0 bridgehead atoms. The van der Waals surface area contributed by atoms with Crippen LogP contribution in [0.15, 0.2) is 35.2 Å². The molecule has 4 rings (SSSR count). The number of sulfonamides is 1. The van der Waals surface area contributed by atoms with E-state index in [1.54, 1.807) is 40.4 Å². The van der Waals surface area contributed by atoms with Crippen LogP contribution in [0, 0.1) is 0 Å². The summed E-state index contributed by atoms with van der Waals surface area (Å²) in [5, 5.41) is 12.5. The monoisotopic (exact) mass is 420 g/mol. The predicted octanol–water partition coefficient (Wildman–Crippen LogP) is 1.10. The fraction of sp³-hybridized carbons (Fsp3) is 0.632. The number of piperidine rings is 1. The summed E-state index contributed by atoms with van der Waals surface area (Å²) < 4.78 is 35.3. The first-order valence-corrected chi connectivity index (χ1v) is 11.6. The third-order valence-corrected chi connectivity index (χ3v) is 7.84. The van der Waals surface area contributed by atoms with Crippen molar-refractivity contribution in [3.63, 3.8) is 0 Å². The van der Waals surface area contributed by atoms with Gasteiger partial charge in [-0.1, -0.05) is 18.2 Å². The highest BCUT2D eigenvalue weighted by atomic mass is 32.2. The van der Waals surface area contributed by atoms with E-state index in [1.807, 2.05) is 6.07 Å². The lowest BCUT2D eigenvalue weighted by molar-refractivity contribution is 0.0397. The Morgan fingerprint density at radius 3 is 2.59 bits per heavy atom. The first-order valence-electron chi connectivity index (χ1n) is 10.1. The van der Waals surface area contributed by atoms with Crippen LogP contribution in [0.4, 0.5) is 0 Å². The number of methoxy groups -OCH3 is 1. The Labute approximate surface area is 171 Å². The number of ether oxygens (including phenoxy) is 1. The van der Waals surface area contributed by atoms with Crippen LogP contribution < -0.4 is 0 Å². The first kappa shape index (κ1) is 20.4. The average Bonchev–Trinajstić information content (AvgIpc) is 3.45. The standard InChI is InChI=1S/C19H28N6O3S/c1-28-15-14-25-18(20-21-22-25)19(23-11-5-6-12-23)10-7-13-24(16-19)29(26,27)17-8-3-2-4-9-17/h2-4,8-9H,5-7,10-16H2,1H3. The van der Waals surface area contributed by atoms with Gasteiger partial charge in [0.2, 0.25) is 10.0 Å². The van der Waals surface area contributed by atoms with E-state index in [1.165, 1.54) is 0 Å². The molecule has 1 aromatic carbocycles. The van der Waals surface area contributed by atoms with E-state index >= 15 is 0 Å². The second kappa shape index (κ2) is 8.47. The molecule has 0 saturated carbocycles. The van der Waals surface area contributed by atoms with Crippen molar-refractivity contribution < 1.29 is 13.2 Å². The molecule has 1 aromatic heterocycles. The molecular weight excluding hydrogens is 392 g/mol.